The van der Waals surface area contributed by atoms with E-state index in [4.69, 9.17) is 4.74 Å². The van der Waals surface area contributed by atoms with Crippen molar-refractivity contribution < 1.29 is 13.9 Å². The number of benzene rings is 3. The number of halogens is 1. The highest BCUT2D eigenvalue weighted by atomic mass is 19.1. The van der Waals surface area contributed by atoms with Gasteiger partial charge in [-0.05, 0) is 60.5 Å². The fourth-order valence-corrected chi connectivity index (χ4v) is 4.95. The van der Waals surface area contributed by atoms with Crippen LogP contribution in [-0.2, 0) is 4.74 Å². The number of rotatable bonds is 5. The Hall–Kier alpha value is -3.22. The Morgan fingerprint density at radius 1 is 0.853 bits per heavy atom. The second-order valence-electron chi connectivity index (χ2n) is 8.95. The van der Waals surface area contributed by atoms with Gasteiger partial charge in [0, 0.05) is 44.5 Å². The second kappa shape index (κ2) is 10.4. The molecular formula is C28H30FN3O2. The highest BCUT2D eigenvalue weighted by Gasteiger charge is 2.34. The first-order chi connectivity index (χ1) is 16.7. The zero-order valence-electron chi connectivity index (χ0n) is 19.2. The Morgan fingerprint density at radius 2 is 1.53 bits per heavy atom. The number of hydrogen-bond acceptors (Lipinski definition) is 5. The van der Waals surface area contributed by atoms with Gasteiger partial charge in [-0.1, -0.05) is 42.5 Å². The Kier molecular flexibility index (Phi) is 6.88. The average Bonchev–Trinajstić information content (AvgIpc) is 2.90. The molecule has 2 atom stereocenters. The maximum absolute atomic E-state index is 13.3. The fourth-order valence-electron chi connectivity index (χ4n) is 4.95. The molecule has 6 heteroatoms. The first-order valence-electron chi connectivity index (χ1n) is 12.0. The third-order valence-electron chi connectivity index (χ3n) is 6.85. The zero-order chi connectivity index (χ0) is 23.3. The standard InChI is InChI=1S/C28H30FN3O2/c29-24-10-12-25(13-11-24)31-16-18-32(19-17-31)26-14-15-30-20-27(26)34-28(33)23-8-6-22(7-9-23)21-4-2-1-3-5-21/h1-13,26-27,30H,14-20H2/t26?,27-/m1/s1. The van der Waals surface area contributed by atoms with Crippen LogP contribution in [0.2, 0.25) is 0 Å². The molecule has 2 aliphatic heterocycles. The summed E-state index contributed by atoms with van der Waals surface area (Å²) in [5.74, 6) is -0.486. The molecule has 0 saturated carbocycles. The van der Waals surface area contributed by atoms with Gasteiger partial charge >= 0.3 is 5.97 Å². The summed E-state index contributed by atoms with van der Waals surface area (Å²) in [5.41, 5.74) is 3.82. The Labute approximate surface area is 200 Å². The van der Waals surface area contributed by atoms with Gasteiger partial charge in [-0.25, -0.2) is 9.18 Å². The Bertz CT molecular complexity index is 1080. The van der Waals surface area contributed by atoms with Gasteiger partial charge in [0.15, 0.2) is 0 Å². The molecule has 1 unspecified atom stereocenters. The minimum Gasteiger partial charge on any atom is -0.456 e. The number of nitrogens with one attached hydrogen (secondary N) is 1. The van der Waals surface area contributed by atoms with Crippen LogP contribution in [0.5, 0.6) is 0 Å². The molecule has 3 aromatic rings. The number of hydrogen-bond donors (Lipinski definition) is 1. The molecule has 0 aliphatic carbocycles. The maximum atomic E-state index is 13.3. The molecule has 0 amide bonds. The van der Waals surface area contributed by atoms with Crippen LogP contribution >= 0.6 is 0 Å². The number of nitrogens with zero attached hydrogens (tertiary/aromatic N) is 2. The average molecular weight is 460 g/mol. The molecule has 176 valence electrons. The molecule has 2 saturated heterocycles. The van der Waals surface area contributed by atoms with Crippen LogP contribution in [0.3, 0.4) is 0 Å². The number of carbonyl (C=O) groups excluding carboxylic acids is 1. The second-order valence-corrected chi connectivity index (χ2v) is 8.95. The molecule has 0 aromatic heterocycles. The summed E-state index contributed by atoms with van der Waals surface area (Å²) >= 11 is 0. The van der Waals surface area contributed by atoms with Gasteiger partial charge in [0.2, 0.25) is 0 Å². The third kappa shape index (κ3) is 5.13. The number of ether oxygens (including phenoxy) is 1. The van der Waals surface area contributed by atoms with Crippen molar-refractivity contribution in [2.45, 2.75) is 18.6 Å². The molecule has 5 nitrogen and oxygen atoms in total. The van der Waals surface area contributed by atoms with Crippen LogP contribution in [0, 0.1) is 5.82 Å². The van der Waals surface area contributed by atoms with Crippen LogP contribution in [-0.4, -0.2) is 62.3 Å². The van der Waals surface area contributed by atoms with E-state index < -0.39 is 0 Å². The van der Waals surface area contributed by atoms with Crippen LogP contribution < -0.4 is 10.2 Å². The van der Waals surface area contributed by atoms with Crippen molar-refractivity contribution in [2.75, 3.05) is 44.2 Å². The van der Waals surface area contributed by atoms with Gasteiger partial charge < -0.3 is 15.0 Å². The molecule has 1 N–H and O–H groups in total. The van der Waals surface area contributed by atoms with E-state index in [1.807, 2.05) is 54.6 Å². The molecule has 0 spiro atoms. The molecule has 2 aliphatic rings. The largest absolute Gasteiger partial charge is 0.456 e. The van der Waals surface area contributed by atoms with E-state index in [0.29, 0.717) is 12.1 Å². The van der Waals surface area contributed by atoms with E-state index in [1.54, 1.807) is 0 Å². The number of piperidine rings is 1. The summed E-state index contributed by atoms with van der Waals surface area (Å²) < 4.78 is 19.3. The molecular weight excluding hydrogens is 429 g/mol. The topological polar surface area (TPSA) is 44.8 Å². The van der Waals surface area contributed by atoms with Gasteiger partial charge in [0.1, 0.15) is 11.9 Å². The zero-order valence-corrected chi connectivity index (χ0v) is 19.2. The van der Waals surface area contributed by atoms with Crippen LogP contribution in [0.15, 0.2) is 78.9 Å². The van der Waals surface area contributed by atoms with Gasteiger partial charge in [0.25, 0.3) is 0 Å². The number of carbonyl (C=O) groups is 1. The lowest BCUT2D eigenvalue weighted by Gasteiger charge is -2.44. The van der Waals surface area contributed by atoms with E-state index >= 15 is 0 Å². The van der Waals surface area contributed by atoms with E-state index in [2.05, 4.69) is 27.2 Å². The summed E-state index contributed by atoms with van der Waals surface area (Å²) in [6.45, 7) is 5.11. The van der Waals surface area contributed by atoms with Crippen LogP contribution in [0.25, 0.3) is 11.1 Å². The van der Waals surface area contributed by atoms with Crippen LogP contribution in [0.4, 0.5) is 10.1 Å². The summed E-state index contributed by atoms with van der Waals surface area (Å²) in [6.07, 6.45) is 0.758. The highest BCUT2D eigenvalue weighted by Crippen LogP contribution is 2.23. The van der Waals surface area contributed by atoms with E-state index in [1.165, 1.54) is 12.1 Å². The lowest BCUT2D eigenvalue weighted by atomic mass is 10.00. The van der Waals surface area contributed by atoms with Gasteiger partial charge in [-0.3, -0.25) is 4.90 Å². The highest BCUT2D eigenvalue weighted by molar-refractivity contribution is 5.90. The van der Waals surface area contributed by atoms with Crippen molar-refractivity contribution in [3.63, 3.8) is 0 Å². The fraction of sp³-hybridized carbons (Fsp3) is 0.321. The normalized spacial score (nSPS) is 21.3. The molecule has 2 heterocycles. The minimum atomic E-state index is -0.275. The maximum Gasteiger partial charge on any atom is 0.338 e. The summed E-state index contributed by atoms with van der Waals surface area (Å²) in [5, 5.41) is 3.38. The van der Waals surface area contributed by atoms with Crippen molar-refractivity contribution in [1.82, 2.24) is 10.2 Å². The van der Waals surface area contributed by atoms with E-state index in [-0.39, 0.29) is 23.9 Å². The van der Waals surface area contributed by atoms with Crippen molar-refractivity contribution in [1.29, 1.82) is 0 Å². The van der Waals surface area contributed by atoms with E-state index in [9.17, 15) is 9.18 Å². The van der Waals surface area contributed by atoms with Crippen molar-refractivity contribution >= 4 is 11.7 Å². The lowest BCUT2D eigenvalue weighted by molar-refractivity contribution is -0.0131. The number of anilines is 1. The molecule has 0 bridgehead atoms. The monoisotopic (exact) mass is 459 g/mol. The smallest absolute Gasteiger partial charge is 0.338 e. The van der Waals surface area contributed by atoms with Crippen molar-refractivity contribution in [3.05, 3.63) is 90.2 Å². The van der Waals surface area contributed by atoms with E-state index in [0.717, 1.165) is 56.0 Å². The lowest BCUT2D eigenvalue weighted by Crippen LogP contribution is -2.59. The first kappa shape index (κ1) is 22.6. The summed E-state index contributed by atoms with van der Waals surface area (Å²) in [4.78, 5) is 17.7. The number of esters is 1. The Balaban J connectivity index is 1.20. The van der Waals surface area contributed by atoms with Crippen LogP contribution in [0.1, 0.15) is 16.8 Å². The minimum absolute atomic E-state index is 0.188. The van der Waals surface area contributed by atoms with Gasteiger partial charge in [-0.15, -0.1) is 0 Å². The molecule has 0 radical (unpaired) electrons. The molecule has 3 aromatic carbocycles. The quantitative estimate of drug-likeness (QED) is 0.580. The van der Waals surface area contributed by atoms with Gasteiger partial charge in [-0.2, -0.15) is 0 Å². The molecule has 34 heavy (non-hydrogen) atoms. The predicted octanol–water partition coefficient (Wildman–Crippen LogP) is 4.20. The third-order valence-corrected chi connectivity index (χ3v) is 6.85. The van der Waals surface area contributed by atoms with Gasteiger partial charge in [0.05, 0.1) is 5.56 Å². The SMILES string of the molecule is O=C(O[C@@H]1CNCCC1N1CCN(c2ccc(F)cc2)CC1)c1ccc(-c2ccccc2)cc1. The first-order valence-corrected chi connectivity index (χ1v) is 12.0. The molecule has 5 rings (SSSR count). The van der Waals surface area contributed by atoms with Crippen molar-refractivity contribution in [3.8, 4) is 11.1 Å². The number of piperazine rings is 1. The Morgan fingerprint density at radius 3 is 2.24 bits per heavy atom. The summed E-state index contributed by atoms with van der Waals surface area (Å²) in [6, 6.07) is 24.6. The predicted molar refractivity (Wildman–Crippen MR) is 133 cm³/mol. The van der Waals surface area contributed by atoms with Crippen molar-refractivity contribution in [2.24, 2.45) is 0 Å². The molecule has 2 fully saturated rings. The summed E-state index contributed by atoms with van der Waals surface area (Å²) in [7, 11) is 0.